The van der Waals surface area contributed by atoms with Crippen LogP contribution in [0.15, 0.2) is 0 Å². The van der Waals surface area contributed by atoms with Crippen LogP contribution in [0.1, 0.15) is 25.7 Å². The summed E-state index contributed by atoms with van der Waals surface area (Å²) in [6.45, 7) is 0. The summed E-state index contributed by atoms with van der Waals surface area (Å²) in [7, 11) is 1.29. The van der Waals surface area contributed by atoms with Gasteiger partial charge >= 0.3 is 11.9 Å². The number of methoxy groups -OCH3 is 1. The molecule has 1 spiro atoms. The van der Waals surface area contributed by atoms with E-state index >= 15 is 0 Å². The van der Waals surface area contributed by atoms with Crippen molar-refractivity contribution >= 4 is 17.7 Å². The standard InChI is InChI=1S/C12H14O5/c1-16-10(14)8-4-9(13)7-3-2-6-5-12(7,8)11(15)17-6/h6-8H,2-5H2,1H3. The van der Waals surface area contributed by atoms with E-state index in [0.717, 1.165) is 6.42 Å². The summed E-state index contributed by atoms with van der Waals surface area (Å²) in [5.74, 6) is -1.79. The molecule has 3 rings (SSSR count). The molecule has 1 saturated heterocycles. The maximum absolute atomic E-state index is 12.1. The number of fused-ring (bicyclic) bond motifs is 1. The molecule has 4 atom stereocenters. The lowest BCUT2D eigenvalue weighted by atomic mass is 9.65. The van der Waals surface area contributed by atoms with Gasteiger partial charge in [0.25, 0.3) is 0 Å². The van der Waals surface area contributed by atoms with Crippen molar-refractivity contribution in [3.05, 3.63) is 0 Å². The second-order valence-corrected chi connectivity index (χ2v) is 5.15. The molecule has 0 radical (unpaired) electrons. The molecular weight excluding hydrogens is 224 g/mol. The molecule has 2 saturated carbocycles. The Bertz CT molecular complexity index is 413. The third-order valence-corrected chi connectivity index (χ3v) is 4.52. The van der Waals surface area contributed by atoms with Gasteiger partial charge in [-0.25, -0.2) is 0 Å². The molecule has 0 aromatic carbocycles. The summed E-state index contributed by atoms with van der Waals surface area (Å²) >= 11 is 0. The zero-order valence-corrected chi connectivity index (χ0v) is 9.60. The molecule has 0 aromatic rings. The Labute approximate surface area is 98.4 Å². The number of hydrogen-bond acceptors (Lipinski definition) is 5. The van der Waals surface area contributed by atoms with Crippen LogP contribution >= 0.6 is 0 Å². The van der Waals surface area contributed by atoms with Gasteiger partial charge in [-0.05, 0) is 12.8 Å². The second-order valence-electron chi connectivity index (χ2n) is 5.15. The maximum atomic E-state index is 12.1. The van der Waals surface area contributed by atoms with Gasteiger partial charge in [0, 0.05) is 18.8 Å². The first kappa shape index (κ1) is 10.7. The van der Waals surface area contributed by atoms with Crippen LogP contribution in [0.2, 0.25) is 0 Å². The second kappa shape index (κ2) is 3.31. The summed E-state index contributed by atoms with van der Waals surface area (Å²) in [6.07, 6.45) is 1.90. The Kier molecular flexibility index (Phi) is 2.09. The van der Waals surface area contributed by atoms with Crippen LogP contribution in [0.5, 0.6) is 0 Å². The number of ketones is 1. The van der Waals surface area contributed by atoms with Crippen LogP contribution < -0.4 is 0 Å². The molecule has 4 unspecified atom stereocenters. The largest absolute Gasteiger partial charge is 0.469 e. The SMILES string of the molecule is COC(=O)C1CC(=O)C2CCC3CC21C(=O)O3. The van der Waals surface area contributed by atoms with Crippen molar-refractivity contribution in [2.45, 2.75) is 31.8 Å². The number of carbonyl (C=O) groups is 3. The maximum Gasteiger partial charge on any atom is 0.314 e. The van der Waals surface area contributed by atoms with Crippen molar-refractivity contribution in [1.29, 1.82) is 0 Å². The topological polar surface area (TPSA) is 69.7 Å². The Hall–Kier alpha value is -1.39. The number of ether oxygens (including phenoxy) is 2. The predicted molar refractivity (Wildman–Crippen MR) is 54.8 cm³/mol. The van der Waals surface area contributed by atoms with Crippen molar-refractivity contribution in [2.24, 2.45) is 17.3 Å². The van der Waals surface area contributed by atoms with Crippen LogP contribution in [-0.4, -0.2) is 30.9 Å². The van der Waals surface area contributed by atoms with Crippen molar-refractivity contribution in [3.63, 3.8) is 0 Å². The van der Waals surface area contributed by atoms with E-state index in [1.54, 1.807) is 0 Å². The highest BCUT2D eigenvalue weighted by Gasteiger charge is 2.68. The zero-order valence-electron chi connectivity index (χ0n) is 9.60. The number of hydrogen-bond donors (Lipinski definition) is 0. The normalized spacial score (nSPS) is 43.2. The smallest absolute Gasteiger partial charge is 0.314 e. The van der Waals surface area contributed by atoms with E-state index in [2.05, 4.69) is 0 Å². The van der Waals surface area contributed by atoms with E-state index in [-0.39, 0.29) is 30.2 Å². The Morgan fingerprint density at radius 3 is 2.88 bits per heavy atom. The predicted octanol–water partition coefficient (Wildman–Crippen LogP) is 0.460. The van der Waals surface area contributed by atoms with Crippen molar-refractivity contribution < 1.29 is 23.9 Å². The fourth-order valence-electron chi connectivity index (χ4n) is 3.76. The Morgan fingerprint density at radius 2 is 2.18 bits per heavy atom. The molecule has 3 fully saturated rings. The highest BCUT2D eigenvalue weighted by Crippen LogP contribution is 2.59. The van der Waals surface area contributed by atoms with Gasteiger partial charge in [-0.2, -0.15) is 0 Å². The van der Waals surface area contributed by atoms with E-state index < -0.39 is 17.3 Å². The molecular formula is C12H14O5. The number of carbonyl (C=O) groups excluding carboxylic acids is 3. The minimum atomic E-state index is -0.910. The average Bonchev–Trinajstić information content (AvgIpc) is 2.75. The van der Waals surface area contributed by atoms with E-state index in [9.17, 15) is 14.4 Å². The van der Waals surface area contributed by atoms with E-state index in [4.69, 9.17) is 9.47 Å². The van der Waals surface area contributed by atoms with Crippen molar-refractivity contribution in [2.75, 3.05) is 7.11 Å². The minimum absolute atomic E-state index is 0.0118. The van der Waals surface area contributed by atoms with Gasteiger partial charge in [-0.1, -0.05) is 0 Å². The van der Waals surface area contributed by atoms with Crippen LogP contribution in [0.3, 0.4) is 0 Å². The highest BCUT2D eigenvalue weighted by atomic mass is 16.6. The summed E-state index contributed by atoms with van der Waals surface area (Å²) in [5.41, 5.74) is -0.910. The van der Waals surface area contributed by atoms with E-state index in [0.29, 0.717) is 12.8 Å². The summed E-state index contributed by atoms with van der Waals surface area (Å²) in [5, 5.41) is 0. The molecule has 2 bridgehead atoms. The van der Waals surface area contributed by atoms with E-state index in [1.807, 2.05) is 0 Å². The van der Waals surface area contributed by atoms with Crippen molar-refractivity contribution in [1.82, 2.24) is 0 Å². The van der Waals surface area contributed by atoms with Crippen molar-refractivity contribution in [3.8, 4) is 0 Å². The average molecular weight is 238 g/mol. The zero-order chi connectivity index (χ0) is 12.2. The van der Waals surface area contributed by atoms with Gasteiger partial charge in [0.15, 0.2) is 0 Å². The molecule has 0 amide bonds. The first-order chi connectivity index (χ1) is 8.09. The molecule has 17 heavy (non-hydrogen) atoms. The molecule has 92 valence electrons. The van der Waals surface area contributed by atoms with Crippen LogP contribution in [-0.2, 0) is 23.9 Å². The van der Waals surface area contributed by atoms with Crippen LogP contribution in [0.25, 0.3) is 0 Å². The van der Waals surface area contributed by atoms with Crippen LogP contribution in [0.4, 0.5) is 0 Å². The molecule has 0 N–H and O–H groups in total. The minimum Gasteiger partial charge on any atom is -0.469 e. The molecule has 0 aromatic heterocycles. The lowest BCUT2D eigenvalue weighted by Crippen LogP contribution is -2.42. The first-order valence-corrected chi connectivity index (χ1v) is 5.91. The highest BCUT2D eigenvalue weighted by molar-refractivity contribution is 6.00. The summed E-state index contributed by atoms with van der Waals surface area (Å²) in [4.78, 5) is 35.8. The number of esters is 2. The quantitative estimate of drug-likeness (QED) is 0.621. The van der Waals surface area contributed by atoms with Gasteiger partial charge in [-0.3, -0.25) is 14.4 Å². The van der Waals surface area contributed by atoms with Gasteiger partial charge < -0.3 is 9.47 Å². The molecule has 1 aliphatic heterocycles. The van der Waals surface area contributed by atoms with Gasteiger partial charge in [0.2, 0.25) is 0 Å². The molecule has 5 heteroatoms. The Balaban J connectivity index is 2.06. The van der Waals surface area contributed by atoms with Gasteiger partial charge in [0.05, 0.1) is 18.4 Å². The lowest BCUT2D eigenvalue weighted by Gasteiger charge is -2.32. The molecule has 1 heterocycles. The fraction of sp³-hybridized carbons (Fsp3) is 0.750. The monoisotopic (exact) mass is 238 g/mol. The Morgan fingerprint density at radius 1 is 1.41 bits per heavy atom. The van der Waals surface area contributed by atoms with Gasteiger partial charge in [0.1, 0.15) is 11.9 Å². The number of rotatable bonds is 1. The lowest BCUT2D eigenvalue weighted by molar-refractivity contribution is -0.160. The molecule has 2 aliphatic carbocycles. The summed E-state index contributed by atoms with van der Waals surface area (Å²) in [6, 6.07) is 0. The van der Waals surface area contributed by atoms with Crippen LogP contribution in [0, 0.1) is 17.3 Å². The summed E-state index contributed by atoms with van der Waals surface area (Å²) < 4.78 is 9.99. The van der Waals surface area contributed by atoms with Gasteiger partial charge in [-0.15, -0.1) is 0 Å². The fourth-order valence-corrected chi connectivity index (χ4v) is 3.76. The third-order valence-electron chi connectivity index (χ3n) is 4.52. The van der Waals surface area contributed by atoms with E-state index in [1.165, 1.54) is 7.11 Å². The third kappa shape index (κ3) is 1.17. The first-order valence-electron chi connectivity index (χ1n) is 5.91. The number of Topliss-reactive ketones (excluding diaryl/α,β-unsaturated/α-hetero) is 1. The molecule has 3 aliphatic rings. The molecule has 5 nitrogen and oxygen atoms in total.